The molecule has 1 fully saturated rings. The molecule has 72 valence electrons. The van der Waals surface area contributed by atoms with E-state index in [1.54, 1.807) is 0 Å². The zero-order valence-electron chi connectivity index (χ0n) is 7.87. The van der Waals surface area contributed by atoms with Crippen LogP contribution in [0.1, 0.15) is 25.7 Å². The van der Waals surface area contributed by atoms with Gasteiger partial charge in [0, 0.05) is 25.2 Å². The summed E-state index contributed by atoms with van der Waals surface area (Å²) in [5, 5.41) is 8.66. The Morgan fingerprint density at radius 3 is 2.67 bits per heavy atom. The van der Waals surface area contributed by atoms with Crippen LogP contribution >= 0.6 is 0 Å². The summed E-state index contributed by atoms with van der Waals surface area (Å²) in [5.41, 5.74) is 5.80. The van der Waals surface area contributed by atoms with E-state index < -0.39 is 0 Å². The van der Waals surface area contributed by atoms with E-state index in [-0.39, 0.29) is 12.6 Å². The average Bonchev–Trinajstić information content (AvgIpc) is 1.82. The highest BCUT2D eigenvalue weighted by molar-refractivity contribution is 4.80. The Kier molecular flexibility index (Phi) is 3.98. The molecule has 1 aliphatic carbocycles. The van der Waals surface area contributed by atoms with E-state index in [9.17, 15) is 0 Å². The van der Waals surface area contributed by atoms with Gasteiger partial charge in [0.2, 0.25) is 0 Å². The molecule has 0 spiro atoms. The van der Waals surface area contributed by atoms with Crippen molar-refractivity contribution < 1.29 is 5.11 Å². The molecule has 0 radical (unpaired) electrons. The van der Waals surface area contributed by atoms with Gasteiger partial charge in [-0.05, 0) is 26.3 Å². The number of rotatable bonds is 5. The van der Waals surface area contributed by atoms with Crippen LogP contribution in [-0.2, 0) is 0 Å². The molecule has 12 heavy (non-hydrogen) atoms. The van der Waals surface area contributed by atoms with Gasteiger partial charge in [-0.2, -0.15) is 0 Å². The van der Waals surface area contributed by atoms with Gasteiger partial charge >= 0.3 is 0 Å². The van der Waals surface area contributed by atoms with Crippen LogP contribution in [0.5, 0.6) is 0 Å². The van der Waals surface area contributed by atoms with Gasteiger partial charge in [0.05, 0.1) is 0 Å². The average molecular weight is 172 g/mol. The Labute approximate surface area is 74.5 Å². The minimum atomic E-state index is 0.139. The first-order valence-electron chi connectivity index (χ1n) is 4.80. The summed E-state index contributed by atoms with van der Waals surface area (Å²) < 4.78 is 0. The Bertz CT molecular complexity index is 126. The first-order chi connectivity index (χ1) is 5.74. The Morgan fingerprint density at radius 1 is 1.58 bits per heavy atom. The maximum Gasteiger partial charge on any atom is 0.0446 e. The van der Waals surface area contributed by atoms with E-state index in [4.69, 9.17) is 10.8 Å². The van der Waals surface area contributed by atoms with Gasteiger partial charge < -0.3 is 15.7 Å². The third-order valence-corrected chi connectivity index (χ3v) is 2.72. The van der Waals surface area contributed by atoms with Crippen molar-refractivity contribution in [1.29, 1.82) is 0 Å². The fourth-order valence-electron chi connectivity index (χ4n) is 1.60. The Hall–Kier alpha value is -0.120. The molecule has 0 aliphatic heterocycles. The lowest BCUT2D eigenvalue weighted by atomic mass is 9.91. The minimum Gasteiger partial charge on any atom is -0.396 e. The number of nitrogens with two attached hydrogens (primary N) is 1. The third-order valence-electron chi connectivity index (χ3n) is 2.72. The number of likely N-dealkylation sites (N-methyl/N-ethyl adjacent to an activating group) is 1. The molecule has 0 aromatic heterocycles. The third kappa shape index (κ3) is 2.73. The quantitative estimate of drug-likeness (QED) is 0.622. The van der Waals surface area contributed by atoms with Crippen molar-refractivity contribution in [3.8, 4) is 0 Å². The van der Waals surface area contributed by atoms with Crippen LogP contribution in [0.4, 0.5) is 0 Å². The van der Waals surface area contributed by atoms with Crippen molar-refractivity contribution >= 4 is 0 Å². The molecule has 1 atom stereocenters. The van der Waals surface area contributed by atoms with Gasteiger partial charge in [0.25, 0.3) is 0 Å². The second-order valence-corrected chi connectivity index (χ2v) is 3.80. The van der Waals surface area contributed by atoms with Gasteiger partial charge in [-0.1, -0.05) is 6.42 Å². The molecule has 3 N–H and O–H groups in total. The van der Waals surface area contributed by atoms with Gasteiger partial charge in [0.1, 0.15) is 0 Å². The summed E-state index contributed by atoms with van der Waals surface area (Å²) in [4.78, 5) is 2.32. The summed E-state index contributed by atoms with van der Waals surface area (Å²) in [6.45, 7) is 1.13. The summed E-state index contributed by atoms with van der Waals surface area (Å²) in [6, 6.07) is 0.898. The maximum atomic E-state index is 8.66. The van der Waals surface area contributed by atoms with Crippen molar-refractivity contribution in [2.75, 3.05) is 20.2 Å². The highest BCUT2D eigenvalue weighted by Gasteiger charge is 2.22. The van der Waals surface area contributed by atoms with Gasteiger partial charge in [0.15, 0.2) is 0 Å². The van der Waals surface area contributed by atoms with E-state index in [1.807, 2.05) is 0 Å². The Balaban J connectivity index is 2.11. The number of aliphatic hydroxyl groups is 1. The van der Waals surface area contributed by atoms with Crippen molar-refractivity contribution in [3.63, 3.8) is 0 Å². The molecule has 3 nitrogen and oxygen atoms in total. The van der Waals surface area contributed by atoms with Crippen LogP contribution in [0.3, 0.4) is 0 Å². The zero-order chi connectivity index (χ0) is 8.97. The zero-order valence-corrected chi connectivity index (χ0v) is 7.87. The van der Waals surface area contributed by atoms with Crippen molar-refractivity contribution in [2.45, 2.75) is 37.8 Å². The standard InChI is InChI=1S/C9H20N2O/c1-11(9-3-2-4-9)7-8(10)5-6-12/h8-9,12H,2-7,10H2,1H3. The van der Waals surface area contributed by atoms with Gasteiger partial charge in [-0.15, -0.1) is 0 Å². The molecule has 3 heteroatoms. The van der Waals surface area contributed by atoms with Crippen molar-refractivity contribution in [1.82, 2.24) is 4.90 Å². The fourth-order valence-corrected chi connectivity index (χ4v) is 1.60. The molecule has 1 rings (SSSR count). The molecule has 1 aliphatic rings. The predicted octanol–water partition coefficient (Wildman–Crippen LogP) is 0.180. The molecular weight excluding hydrogens is 152 g/mol. The van der Waals surface area contributed by atoms with Gasteiger partial charge in [-0.3, -0.25) is 0 Å². The Morgan fingerprint density at radius 2 is 2.25 bits per heavy atom. The molecule has 0 bridgehead atoms. The molecule has 0 amide bonds. The van der Waals surface area contributed by atoms with E-state index in [0.29, 0.717) is 0 Å². The lowest BCUT2D eigenvalue weighted by molar-refractivity contribution is 0.145. The van der Waals surface area contributed by atoms with Crippen LogP contribution in [0.2, 0.25) is 0 Å². The van der Waals surface area contributed by atoms with Gasteiger partial charge in [-0.25, -0.2) is 0 Å². The first-order valence-corrected chi connectivity index (χ1v) is 4.80. The van der Waals surface area contributed by atoms with Crippen molar-refractivity contribution in [3.05, 3.63) is 0 Å². The minimum absolute atomic E-state index is 0.139. The molecule has 0 aromatic carbocycles. The topological polar surface area (TPSA) is 49.5 Å². The number of hydrogen-bond donors (Lipinski definition) is 2. The highest BCUT2D eigenvalue weighted by Crippen LogP contribution is 2.23. The highest BCUT2D eigenvalue weighted by atomic mass is 16.3. The SMILES string of the molecule is CN(CC(N)CCO)C1CCC1. The van der Waals surface area contributed by atoms with Crippen molar-refractivity contribution in [2.24, 2.45) is 5.73 Å². The predicted molar refractivity (Wildman–Crippen MR) is 49.9 cm³/mol. The van der Waals surface area contributed by atoms with E-state index in [0.717, 1.165) is 19.0 Å². The van der Waals surface area contributed by atoms with Crippen LogP contribution in [0.15, 0.2) is 0 Å². The second kappa shape index (κ2) is 4.80. The summed E-state index contributed by atoms with van der Waals surface area (Å²) in [6.07, 6.45) is 4.73. The maximum absolute atomic E-state index is 8.66. The smallest absolute Gasteiger partial charge is 0.0446 e. The summed E-state index contributed by atoms with van der Waals surface area (Å²) in [5.74, 6) is 0. The van der Waals surface area contributed by atoms with E-state index >= 15 is 0 Å². The van der Waals surface area contributed by atoms with Crippen LogP contribution in [-0.4, -0.2) is 42.3 Å². The van der Waals surface area contributed by atoms with E-state index in [2.05, 4.69) is 11.9 Å². The number of hydrogen-bond acceptors (Lipinski definition) is 3. The largest absolute Gasteiger partial charge is 0.396 e. The lowest BCUT2D eigenvalue weighted by Gasteiger charge is -2.36. The van der Waals surface area contributed by atoms with E-state index in [1.165, 1.54) is 19.3 Å². The fraction of sp³-hybridized carbons (Fsp3) is 1.00. The van der Waals surface area contributed by atoms with Crippen LogP contribution in [0.25, 0.3) is 0 Å². The summed E-state index contributed by atoms with van der Waals surface area (Å²) >= 11 is 0. The molecular formula is C9H20N2O. The molecule has 0 saturated heterocycles. The van der Waals surface area contributed by atoms with Crippen LogP contribution in [0, 0.1) is 0 Å². The molecule has 1 unspecified atom stereocenters. The first kappa shape index (κ1) is 9.96. The summed E-state index contributed by atoms with van der Waals surface area (Å²) in [7, 11) is 2.13. The number of nitrogens with zero attached hydrogens (tertiary/aromatic N) is 1. The normalized spacial score (nSPS) is 21.0. The monoisotopic (exact) mass is 172 g/mol. The molecule has 1 saturated carbocycles. The molecule has 0 heterocycles. The lowest BCUT2D eigenvalue weighted by Crippen LogP contribution is -2.44. The number of aliphatic hydroxyl groups excluding tert-OH is 1. The second-order valence-electron chi connectivity index (χ2n) is 3.80. The van der Waals surface area contributed by atoms with Crippen LogP contribution < -0.4 is 5.73 Å². The molecule has 0 aromatic rings.